The fourth-order valence-electron chi connectivity index (χ4n) is 3.37. The van der Waals surface area contributed by atoms with E-state index in [1.807, 2.05) is 31.2 Å². The molecule has 0 aliphatic carbocycles. The molecule has 5 nitrogen and oxygen atoms in total. The van der Waals surface area contributed by atoms with Crippen LogP contribution in [0.5, 0.6) is 11.5 Å². The quantitative estimate of drug-likeness (QED) is 0.826. The molecule has 2 heterocycles. The number of fused-ring (bicyclic) bond motifs is 1. The molecule has 26 heavy (non-hydrogen) atoms. The Morgan fingerprint density at radius 3 is 2.58 bits per heavy atom. The van der Waals surface area contributed by atoms with Gasteiger partial charge in [-0.15, -0.1) is 0 Å². The molecule has 0 amide bonds. The van der Waals surface area contributed by atoms with Crippen molar-refractivity contribution in [3.05, 3.63) is 64.4 Å². The van der Waals surface area contributed by atoms with E-state index >= 15 is 0 Å². The molecular formula is C21H22NO4+. The number of hydrogen-bond donors (Lipinski definition) is 2. The average Bonchev–Trinajstić information content (AvgIpc) is 2.96. The van der Waals surface area contributed by atoms with Crippen LogP contribution in [-0.4, -0.2) is 37.2 Å². The Balaban J connectivity index is 1.64. The second-order valence-corrected chi connectivity index (χ2v) is 6.83. The van der Waals surface area contributed by atoms with Gasteiger partial charge in [-0.1, -0.05) is 29.8 Å². The number of ether oxygens (including phenoxy) is 2. The molecule has 134 valence electrons. The fraction of sp³-hybridized carbons (Fsp3) is 0.286. The Morgan fingerprint density at radius 1 is 1.12 bits per heavy atom. The number of hydrogen-bond acceptors (Lipinski definition) is 4. The largest absolute Gasteiger partial charge is 0.507 e. The number of phenols is 1. The molecule has 0 bridgehead atoms. The summed E-state index contributed by atoms with van der Waals surface area (Å²) in [5, 5.41) is 10.3. The summed E-state index contributed by atoms with van der Waals surface area (Å²) in [5.74, 6) is 0.825. The molecule has 5 heteroatoms. The molecule has 2 aromatic carbocycles. The number of ketones is 1. The molecule has 0 atom stereocenters. The van der Waals surface area contributed by atoms with Crippen molar-refractivity contribution in [3.63, 3.8) is 0 Å². The van der Waals surface area contributed by atoms with Gasteiger partial charge in [0.25, 0.3) is 0 Å². The molecule has 0 spiro atoms. The van der Waals surface area contributed by atoms with E-state index in [4.69, 9.17) is 9.47 Å². The lowest BCUT2D eigenvalue weighted by molar-refractivity contribution is -0.921. The average molecular weight is 352 g/mol. The summed E-state index contributed by atoms with van der Waals surface area (Å²) in [6, 6.07) is 11.1. The lowest BCUT2D eigenvalue weighted by Gasteiger charge is -2.24. The number of carbonyl (C=O) groups excluding carboxylic acids is 1. The molecular weight excluding hydrogens is 330 g/mol. The number of Topliss-reactive ketones (excluding diaryl/α,β-unsaturated/α-hetero) is 1. The van der Waals surface area contributed by atoms with Crippen molar-refractivity contribution in [2.75, 3.05) is 26.3 Å². The molecule has 2 aromatic rings. The number of aryl methyl sites for hydroxylation is 1. The highest BCUT2D eigenvalue weighted by Crippen LogP contribution is 2.39. The summed E-state index contributed by atoms with van der Waals surface area (Å²) >= 11 is 0. The Bertz CT molecular complexity index is 864. The van der Waals surface area contributed by atoms with Crippen LogP contribution in [0.25, 0.3) is 6.08 Å². The van der Waals surface area contributed by atoms with Gasteiger partial charge in [0.1, 0.15) is 25.4 Å². The van der Waals surface area contributed by atoms with Gasteiger partial charge in [-0.2, -0.15) is 0 Å². The summed E-state index contributed by atoms with van der Waals surface area (Å²) in [5.41, 5.74) is 3.29. The monoisotopic (exact) mass is 352 g/mol. The Kier molecular flexibility index (Phi) is 4.49. The lowest BCUT2D eigenvalue weighted by atomic mass is 10.0. The van der Waals surface area contributed by atoms with Gasteiger partial charge in [-0.05, 0) is 30.7 Å². The zero-order chi connectivity index (χ0) is 18.1. The highest BCUT2D eigenvalue weighted by atomic mass is 16.5. The van der Waals surface area contributed by atoms with Crippen LogP contribution in [0.2, 0.25) is 0 Å². The SMILES string of the molecule is Cc1ccc(/C=C2\Oc3c(ccc(O)c3C[NH+]3CCOCC3)C2=O)cc1. The Labute approximate surface area is 152 Å². The van der Waals surface area contributed by atoms with E-state index in [0.717, 1.165) is 24.2 Å². The summed E-state index contributed by atoms with van der Waals surface area (Å²) in [4.78, 5) is 14.0. The van der Waals surface area contributed by atoms with Crippen LogP contribution in [0.15, 0.2) is 42.2 Å². The van der Waals surface area contributed by atoms with Crippen molar-refractivity contribution < 1.29 is 24.3 Å². The van der Waals surface area contributed by atoms with E-state index < -0.39 is 0 Å². The van der Waals surface area contributed by atoms with Crippen molar-refractivity contribution >= 4 is 11.9 Å². The molecule has 0 radical (unpaired) electrons. The van der Waals surface area contributed by atoms with Crippen LogP contribution in [-0.2, 0) is 11.3 Å². The Hall–Kier alpha value is -2.63. The minimum atomic E-state index is -0.140. The summed E-state index contributed by atoms with van der Waals surface area (Å²) in [6.07, 6.45) is 1.75. The predicted molar refractivity (Wildman–Crippen MR) is 97.4 cm³/mol. The van der Waals surface area contributed by atoms with Gasteiger partial charge >= 0.3 is 0 Å². The first-order valence-corrected chi connectivity index (χ1v) is 8.89. The van der Waals surface area contributed by atoms with E-state index in [0.29, 0.717) is 42.4 Å². The lowest BCUT2D eigenvalue weighted by Crippen LogP contribution is -3.12. The first kappa shape index (κ1) is 16.8. The zero-order valence-electron chi connectivity index (χ0n) is 14.7. The van der Waals surface area contributed by atoms with Crippen molar-refractivity contribution in [1.29, 1.82) is 0 Å². The van der Waals surface area contributed by atoms with E-state index in [1.165, 1.54) is 4.90 Å². The van der Waals surface area contributed by atoms with Gasteiger partial charge in [0.05, 0.1) is 24.3 Å². The van der Waals surface area contributed by atoms with E-state index in [2.05, 4.69) is 0 Å². The van der Waals surface area contributed by atoms with Crippen LogP contribution in [0.1, 0.15) is 27.0 Å². The number of rotatable bonds is 3. The first-order chi connectivity index (χ1) is 12.6. The number of allylic oxidation sites excluding steroid dienone is 1. The smallest absolute Gasteiger partial charge is 0.231 e. The molecule has 0 unspecified atom stereocenters. The van der Waals surface area contributed by atoms with Gasteiger partial charge < -0.3 is 19.5 Å². The highest BCUT2D eigenvalue weighted by molar-refractivity contribution is 6.14. The second kappa shape index (κ2) is 6.94. The third-order valence-corrected chi connectivity index (χ3v) is 4.92. The highest BCUT2D eigenvalue weighted by Gasteiger charge is 2.32. The van der Waals surface area contributed by atoms with Gasteiger partial charge in [-0.3, -0.25) is 4.79 Å². The second-order valence-electron chi connectivity index (χ2n) is 6.83. The van der Waals surface area contributed by atoms with Crippen molar-refractivity contribution in [3.8, 4) is 11.5 Å². The molecule has 1 saturated heterocycles. The third-order valence-electron chi connectivity index (χ3n) is 4.92. The van der Waals surface area contributed by atoms with Crippen molar-refractivity contribution in [2.45, 2.75) is 13.5 Å². The normalized spacial score (nSPS) is 18.8. The van der Waals surface area contributed by atoms with E-state index in [-0.39, 0.29) is 11.5 Å². The van der Waals surface area contributed by atoms with Gasteiger partial charge in [0, 0.05) is 0 Å². The standard InChI is InChI=1S/C21H21NO4/c1-14-2-4-15(5-3-14)12-19-20(24)16-6-7-18(23)17(21(16)26-19)13-22-8-10-25-11-9-22/h2-7,12,23H,8-11,13H2,1H3/p+1/b19-12-. The molecule has 1 fully saturated rings. The molecule has 2 aliphatic heterocycles. The van der Waals surface area contributed by atoms with Crippen LogP contribution in [0.3, 0.4) is 0 Å². The van der Waals surface area contributed by atoms with Crippen molar-refractivity contribution in [2.24, 2.45) is 0 Å². The molecule has 2 N–H and O–H groups in total. The molecule has 2 aliphatic rings. The first-order valence-electron chi connectivity index (χ1n) is 8.89. The van der Waals surface area contributed by atoms with Gasteiger partial charge in [0.15, 0.2) is 11.5 Å². The number of morpholine rings is 1. The fourth-order valence-corrected chi connectivity index (χ4v) is 3.37. The van der Waals surface area contributed by atoms with Crippen LogP contribution < -0.4 is 9.64 Å². The maximum Gasteiger partial charge on any atom is 0.231 e. The third kappa shape index (κ3) is 3.23. The zero-order valence-corrected chi connectivity index (χ0v) is 14.7. The Morgan fingerprint density at radius 2 is 1.85 bits per heavy atom. The number of carbonyl (C=O) groups is 1. The minimum Gasteiger partial charge on any atom is -0.507 e. The summed E-state index contributed by atoms with van der Waals surface area (Å²) in [7, 11) is 0. The number of nitrogens with one attached hydrogen (secondary N) is 1. The summed E-state index contributed by atoms with van der Waals surface area (Å²) < 4.78 is 11.3. The van der Waals surface area contributed by atoms with Crippen molar-refractivity contribution in [1.82, 2.24) is 0 Å². The van der Waals surface area contributed by atoms with E-state index in [1.54, 1.807) is 18.2 Å². The van der Waals surface area contributed by atoms with Gasteiger partial charge in [-0.25, -0.2) is 0 Å². The molecule has 4 rings (SSSR count). The molecule has 0 aromatic heterocycles. The maximum atomic E-state index is 12.7. The molecule has 0 saturated carbocycles. The summed E-state index contributed by atoms with van der Waals surface area (Å²) in [6.45, 7) is 5.82. The van der Waals surface area contributed by atoms with E-state index in [9.17, 15) is 9.90 Å². The number of aromatic hydroxyl groups is 1. The predicted octanol–water partition coefficient (Wildman–Crippen LogP) is 1.73. The minimum absolute atomic E-state index is 0.140. The van der Waals surface area contributed by atoms with Crippen LogP contribution >= 0.6 is 0 Å². The number of benzene rings is 2. The topological polar surface area (TPSA) is 60.2 Å². The number of quaternary nitrogens is 1. The van der Waals surface area contributed by atoms with Crippen LogP contribution in [0.4, 0.5) is 0 Å². The van der Waals surface area contributed by atoms with Gasteiger partial charge in [0.2, 0.25) is 5.78 Å². The number of phenolic OH excluding ortho intramolecular Hbond substituents is 1. The maximum absolute atomic E-state index is 12.7. The van der Waals surface area contributed by atoms with Crippen LogP contribution in [0, 0.1) is 6.92 Å².